The zero-order valence-corrected chi connectivity index (χ0v) is 15.1. The van der Waals surface area contributed by atoms with E-state index in [0.29, 0.717) is 5.75 Å². The monoisotopic (exact) mass is 355 g/mol. The van der Waals surface area contributed by atoms with Gasteiger partial charge in [0.25, 0.3) is 5.91 Å². The van der Waals surface area contributed by atoms with Gasteiger partial charge in [0.2, 0.25) is 0 Å². The molecule has 3 N–H and O–H groups in total. The Balaban J connectivity index is 1.85. The van der Waals surface area contributed by atoms with Gasteiger partial charge in [-0.15, -0.1) is 11.8 Å². The molecule has 1 atom stereocenters. The number of rotatable bonds is 5. The highest BCUT2D eigenvalue weighted by Crippen LogP contribution is 2.40. The van der Waals surface area contributed by atoms with Crippen molar-refractivity contribution in [1.29, 1.82) is 5.41 Å². The molecule has 25 heavy (non-hydrogen) atoms. The zero-order chi connectivity index (χ0) is 18.0. The number of carbonyl (C=O) groups is 1. The van der Waals surface area contributed by atoms with Gasteiger partial charge in [0.05, 0.1) is 5.25 Å². The zero-order valence-electron chi connectivity index (χ0n) is 14.3. The standard InChI is InChI=1S/C19H21N3O2S/c1-22(2)18(23)11-24-15-6-4-3-5-14(15)12-7-8-16-13(9-12)10-17(25-16)19(20)21/h3-9,17H,10-11H2,1-2H3,(H3,20,21). The molecule has 0 aromatic heterocycles. The number of amides is 1. The lowest BCUT2D eigenvalue weighted by molar-refractivity contribution is -0.130. The second kappa shape index (κ2) is 7.19. The van der Waals surface area contributed by atoms with Gasteiger partial charge in [0.1, 0.15) is 11.6 Å². The van der Waals surface area contributed by atoms with Crippen LogP contribution in [-0.4, -0.2) is 42.6 Å². The maximum absolute atomic E-state index is 11.8. The number of hydrogen-bond donors (Lipinski definition) is 2. The van der Waals surface area contributed by atoms with Gasteiger partial charge >= 0.3 is 0 Å². The van der Waals surface area contributed by atoms with Gasteiger partial charge in [-0.2, -0.15) is 0 Å². The van der Waals surface area contributed by atoms with E-state index < -0.39 is 0 Å². The average Bonchev–Trinajstić information content (AvgIpc) is 3.03. The fourth-order valence-electron chi connectivity index (χ4n) is 2.69. The molecule has 1 unspecified atom stereocenters. The number of amidine groups is 1. The summed E-state index contributed by atoms with van der Waals surface area (Å²) in [5.41, 5.74) is 8.84. The lowest BCUT2D eigenvalue weighted by atomic mass is 10.00. The number of nitrogens with one attached hydrogen (secondary N) is 1. The Morgan fingerprint density at radius 2 is 2.08 bits per heavy atom. The van der Waals surface area contributed by atoms with Crippen molar-refractivity contribution in [2.75, 3.05) is 20.7 Å². The summed E-state index contributed by atoms with van der Waals surface area (Å²) in [6.07, 6.45) is 0.769. The summed E-state index contributed by atoms with van der Waals surface area (Å²) in [7, 11) is 3.42. The van der Waals surface area contributed by atoms with Gasteiger partial charge in [0, 0.05) is 24.6 Å². The second-order valence-electron chi connectivity index (χ2n) is 6.16. The first-order valence-electron chi connectivity index (χ1n) is 8.01. The van der Waals surface area contributed by atoms with Gasteiger partial charge in [-0.05, 0) is 35.7 Å². The molecule has 3 rings (SSSR count). The summed E-state index contributed by atoms with van der Waals surface area (Å²) in [5, 5.41) is 7.67. The van der Waals surface area contributed by atoms with E-state index in [1.807, 2.05) is 30.3 Å². The number of likely N-dealkylation sites (N-methyl/N-ethyl adjacent to an activating group) is 1. The highest BCUT2D eigenvalue weighted by molar-refractivity contribution is 8.01. The van der Waals surface area contributed by atoms with Gasteiger partial charge in [-0.25, -0.2) is 0 Å². The summed E-state index contributed by atoms with van der Waals surface area (Å²) in [5.74, 6) is 0.824. The van der Waals surface area contributed by atoms with E-state index in [4.69, 9.17) is 15.9 Å². The Morgan fingerprint density at radius 3 is 2.80 bits per heavy atom. The van der Waals surface area contributed by atoms with E-state index in [2.05, 4.69) is 12.1 Å². The van der Waals surface area contributed by atoms with Crippen LogP contribution in [0.15, 0.2) is 47.4 Å². The molecule has 1 aliphatic rings. The number of benzene rings is 2. The number of thioether (sulfide) groups is 1. The summed E-state index contributed by atoms with van der Waals surface area (Å²) < 4.78 is 5.74. The predicted molar refractivity (Wildman–Crippen MR) is 101 cm³/mol. The number of nitrogens with zero attached hydrogens (tertiary/aromatic N) is 1. The van der Waals surface area contributed by atoms with Crippen LogP contribution < -0.4 is 10.5 Å². The molecule has 130 valence electrons. The lowest BCUT2D eigenvalue weighted by Crippen LogP contribution is -2.27. The smallest absolute Gasteiger partial charge is 0.259 e. The molecule has 2 aromatic carbocycles. The van der Waals surface area contributed by atoms with Crippen molar-refractivity contribution in [3.63, 3.8) is 0 Å². The minimum atomic E-state index is -0.0792. The Hall–Kier alpha value is -2.47. The molecule has 0 fully saturated rings. The lowest BCUT2D eigenvalue weighted by Gasteiger charge is -2.14. The molecule has 0 bridgehead atoms. The van der Waals surface area contributed by atoms with Crippen LogP contribution in [0.1, 0.15) is 5.56 Å². The minimum Gasteiger partial charge on any atom is -0.483 e. The van der Waals surface area contributed by atoms with E-state index >= 15 is 0 Å². The van der Waals surface area contributed by atoms with E-state index in [9.17, 15) is 4.79 Å². The van der Waals surface area contributed by atoms with Crippen molar-refractivity contribution < 1.29 is 9.53 Å². The van der Waals surface area contributed by atoms with E-state index in [-0.39, 0.29) is 23.6 Å². The van der Waals surface area contributed by atoms with Crippen LogP contribution >= 0.6 is 11.8 Å². The maximum Gasteiger partial charge on any atom is 0.259 e. The topological polar surface area (TPSA) is 79.4 Å². The molecule has 0 radical (unpaired) electrons. The molecular formula is C19H21N3O2S. The number of nitrogens with two attached hydrogens (primary N) is 1. The molecular weight excluding hydrogens is 334 g/mol. The van der Waals surface area contributed by atoms with Crippen molar-refractivity contribution in [3.8, 4) is 16.9 Å². The fourth-order valence-corrected chi connectivity index (χ4v) is 3.83. The van der Waals surface area contributed by atoms with Crippen molar-refractivity contribution >= 4 is 23.5 Å². The average molecular weight is 355 g/mol. The first-order chi connectivity index (χ1) is 12.0. The van der Waals surface area contributed by atoms with Crippen LogP contribution in [0.5, 0.6) is 5.75 Å². The van der Waals surface area contributed by atoms with E-state index in [1.165, 1.54) is 15.4 Å². The van der Waals surface area contributed by atoms with Gasteiger partial charge in [-0.1, -0.05) is 24.3 Å². The molecule has 2 aromatic rings. The molecule has 5 nitrogen and oxygen atoms in total. The van der Waals surface area contributed by atoms with Crippen LogP contribution in [0.4, 0.5) is 0 Å². The number of hydrogen-bond acceptors (Lipinski definition) is 4. The molecule has 1 heterocycles. The largest absolute Gasteiger partial charge is 0.483 e. The molecule has 1 amide bonds. The van der Waals surface area contributed by atoms with E-state index in [0.717, 1.165) is 17.5 Å². The number of carbonyl (C=O) groups excluding carboxylic acids is 1. The van der Waals surface area contributed by atoms with Crippen LogP contribution in [0, 0.1) is 5.41 Å². The van der Waals surface area contributed by atoms with Crippen LogP contribution in [-0.2, 0) is 11.2 Å². The summed E-state index contributed by atoms with van der Waals surface area (Å²) in [6, 6.07) is 14.0. The third kappa shape index (κ3) is 3.79. The van der Waals surface area contributed by atoms with Crippen molar-refractivity contribution in [2.45, 2.75) is 16.6 Å². The Bertz CT molecular complexity index is 820. The quantitative estimate of drug-likeness (QED) is 0.638. The highest BCUT2D eigenvalue weighted by atomic mass is 32.2. The minimum absolute atomic E-state index is 0.0111. The number of fused-ring (bicyclic) bond motifs is 1. The Labute approximate surface area is 151 Å². The molecule has 1 aliphatic heterocycles. The molecule has 0 saturated heterocycles. The molecule has 0 spiro atoms. The number of ether oxygens (including phenoxy) is 1. The van der Waals surface area contributed by atoms with Gasteiger partial charge < -0.3 is 15.4 Å². The molecule has 0 saturated carbocycles. The highest BCUT2D eigenvalue weighted by Gasteiger charge is 2.25. The second-order valence-corrected chi connectivity index (χ2v) is 7.41. The third-order valence-corrected chi connectivity index (χ3v) is 5.49. The summed E-state index contributed by atoms with van der Waals surface area (Å²) in [6.45, 7) is 0.0111. The van der Waals surface area contributed by atoms with Gasteiger partial charge in [0.15, 0.2) is 6.61 Å². The summed E-state index contributed by atoms with van der Waals surface area (Å²) >= 11 is 1.64. The van der Waals surface area contributed by atoms with Crippen LogP contribution in [0.3, 0.4) is 0 Å². The van der Waals surface area contributed by atoms with E-state index in [1.54, 1.807) is 25.9 Å². The van der Waals surface area contributed by atoms with Crippen LogP contribution in [0.2, 0.25) is 0 Å². The molecule has 0 aliphatic carbocycles. The number of para-hydroxylation sites is 1. The Morgan fingerprint density at radius 1 is 1.32 bits per heavy atom. The van der Waals surface area contributed by atoms with Crippen molar-refractivity contribution in [2.24, 2.45) is 5.73 Å². The van der Waals surface area contributed by atoms with Crippen molar-refractivity contribution in [3.05, 3.63) is 48.0 Å². The third-order valence-electron chi connectivity index (χ3n) is 4.13. The predicted octanol–water partition coefficient (Wildman–Crippen LogP) is 2.77. The van der Waals surface area contributed by atoms with Crippen molar-refractivity contribution in [1.82, 2.24) is 4.90 Å². The van der Waals surface area contributed by atoms with Crippen LogP contribution in [0.25, 0.3) is 11.1 Å². The SMILES string of the molecule is CN(C)C(=O)COc1ccccc1-c1ccc2c(c1)CC(C(=N)N)S2. The first-order valence-corrected chi connectivity index (χ1v) is 8.89. The summed E-state index contributed by atoms with van der Waals surface area (Å²) in [4.78, 5) is 14.5. The first kappa shape index (κ1) is 17.4. The molecule has 6 heteroatoms. The fraction of sp³-hybridized carbons (Fsp3) is 0.263. The Kier molecular flexibility index (Phi) is 4.99. The van der Waals surface area contributed by atoms with Gasteiger partial charge in [-0.3, -0.25) is 10.2 Å². The maximum atomic E-state index is 11.8. The normalized spacial score (nSPS) is 15.5.